The summed E-state index contributed by atoms with van der Waals surface area (Å²) >= 11 is 0. The number of sulfone groups is 1. The molecule has 21 heavy (non-hydrogen) atoms. The monoisotopic (exact) mass is 334 g/mol. The summed E-state index contributed by atoms with van der Waals surface area (Å²) in [4.78, 5) is 13.9. The van der Waals surface area contributed by atoms with Crippen LogP contribution in [0.25, 0.3) is 0 Å². The fourth-order valence-corrected chi connectivity index (χ4v) is 2.31. The predicted octanol–water partition coefficient (Wildman–Crippen LogP) is 1.22. The van der Waals surface area contributed by atoms with Crippen LogP contribution in [0.15, 0.2) is 30.3 Å². The smallest absolute Gasteiger partial charge is 0.240 e. The number of hydrogen-bond donors (Lipinski definition) is 1. The molecule has 0 aliphatic carbocycles. The molecule has 1 unspecified atom stereocenters. The third kappa shape index (κ3) is 6.46. The van der Waals surface area contributed by atoms with Crippen LogP contribution in [0.4, 0.5) is 0 Å². The summed E-state index contributed by atoms with van der Waals surface area (Å²) < 4.78 is 23.1. The third-order valence-electron chi connectivity index (χ3n) is 3.15. The van der Waals surface area contributed by atoms with Gasteiger partial charge in [-0.25, -0.2) is 8.42 Å². The zero-order chi connectivity index (χ0) is 15.2. The largest absolute Gasteiger partial charge is 0.337 e. The molecule has 1 atom stereocenters. The maximum Gasteiger partial charge on any atom is 0.240 e. The first-order valence-corrected chi connectivity index (χ1v) is 8.53. The summed E-state index contributed by atoms with van der Waals surface area (Å²) in [5.74, 6) is -0.371. The maximum atomic E-state index is 12.3. The fraction of sp³-hybridized carbons (Fsp3) is 0.500. The summed E-state index contributed by atoms with van der Waals surface area (Å²) in [7, 11) is -3.39. The number of nitrogens with two attached hydrogens (primary N) is 1. The summed E-state index contributed by atoms with van der Waals surface area (Å²) in [5, 5.41) is -1.02. The first kappa shape index (κ1) is 19.9. The van der Waals surface area contributed by atoms with Crippen LogP contribution in [0, 0.1) is 0 Å². The van der Waals surface area contributed by atoms with Crippen LogP contribution in [0.5, 0.6) is 0 Å². The molecule has 0 saturated carbocycles. The lowest BCUT2D eigenvalue weighted by molar-refractivity contribution is -0.131. The van der Waals surface area contributed by atoms with Crippen LogP contribution < -0.4 is 5.73 Å². The molecule has 0 aliphatic rings. The highest BCUT2D eigenvalue weighted by Crippen LogP contribution is 2.10. The van der Waals surface area contributed by atoms with Gasteiger partial charge in [0.05, 0.1) is 0 Å². The van der Waals surface area contributed by atoms with Crippen molar-refractivity contribution in [1.29, 1.82) is 0 Å². The number of benzene rings is 1. The zero-order valence-corrected chi connectivity index (χ0v) is 14.0. The van der Waals surface area contributed by atoms with Crippen LogP contribution in [-0.4, -0.2) is 43.8 Å². The van der Waals surface area contributed by atoms with Crippen molar-refractivity contribution < 1.29 is 13.2 Å². The minimum atomic E-state index is -3.39. The Bertz CT molecular complexity index is 534. The Labute approximate surface area is 132 Å². The van der Waals surface area contributed by atoms with E-state index in [1.807, 2.05) is 30.3 Å². The van der Waals surface area contributed by atoms with Crippen LogP contribution >= 0.6 is 12.4 Å². The first-order chi connectivity index (χ1) is 9.36. The van der Waals surface area contributed by atoms with Crippen molar-refractivity contribution >= 4 is 28.2 Å². The highest BCUT2D eigenvalue weighted by atomic mass is 35.5. The minimum Gasteiger partial charge on any atom is -0.337 e. The van der Waals surface area contributed by atoms with Crippen LogP contribution in [0.2, 0.25) is 0 Å². The Morgan fingerprint density at radius 2 is 1.86 bits per heavy atom. The van der Waals surface area contributed by atoms with Gasteiger partial charge in [0.2, 0.25) is 5.91 Å². The number of amides is 1. The van der Waals surface area contributed by atoms with Crippen molar-refractivity contribution in [2.24, 2.45) is 5.73 Å². The number of carbonyl (C=O) groups is 1. The molecule has 0 heterocycles. The average Bonchev–Trinajstić information content (AvgIpc) is 2.42. The maximum absolute atomic E-state index is 12.3. The highest BCUT2D eigenvalue weighted by molar-refractivity contribution is 7.92. The van der Waals surface area contributed by atoms with Gasteiger partial charge in [0.1, 0.15) is 5.25 Å². The molecule has 0 saturated heterocycles. The number of nitrogens with zero attached hydrogens (tertiary/aromatic N) is 1. The first-order valence-electron chi connectivity index (χ1n) is 6.58. The van der Waals surface area contributed by atoms with Gasteiger partial charge in [-0.3, -0.25) is 4.79 Å². The van der Waals surface area contributed by atoms with E-state index in [0.717, 1.165) is 11.8 Å². The van der Waals surface area contributed by atoms with Crippen molar-refractivity contribution in [2.45, 2.75) is 25.1 Å². The lowest BCUT2D eigenvalue weighted by atomic mass is 10.2. The molecule has 7 heteroatoms. The summed E-state index contributed by atoms with van der Waals surface area (Å²) in [6.45, 7) is 2.76. The van der Waals surface area contributed by atoms with Gasteiger partial charge < -0.3 is 10.6 Å². The van der Waals surface area contributed by atoms with Crippen molar-refractivity contribution in [3.8, 4) is 0 Å². The zero-order valence-electron chi connectivity index (χ0n) is 12.4. The third-order valence-corrected chi connectivity index (χ3v) is 4.64. The van der Waals surface area contributed by atoms with Gasteiger partial charge in [-0.05, 0) is 25.5 Å². The molecular formula is C14H23ClN2O3S. The highest BCUT2D eigenvalue weighted by Gasteiger charge is 2.28. The normalized spacial score (nSPS) is 12.3. The molecule has 2 N–H and O–H groups in total. The Kier molecular flexibility index (Phi) is 8.54. The van der Waals surface area contributed by atoms with Gasteiger partial charge in [0.15, 0.2) is 9.84 Å². The molecule has 1 amide bonds. The van der Waals surface area contributed by atoms with Gasteiger partial charge in [0, 0.05) is 19.3 Å². The van der Waals surface area contributed by atoms with E-state index in [4.69, 9.17) is 5.73 Å². The van der Waals surface area contributed by atoms with E-state index in [1.54, 1.807) is 4.90 Å². The van der Waals surface area contributed by atoms with Crippen molar-refractivity contribution in [3.63, 3.8) is 0 Å². The van der Waals surface area contributed by atoms with E-state index in [9.17, 15) is 13.2 Å². The fourth-order valence-electron chi connectivity index (χ4n) is 1.79. The molecule has 5 nitrogen and oxygen atoms in total. The Morgan fingerprint density at radius 1 is 1.29 bits per heavy atom. The van der Waals surface area contributed by atoms with Gasteiger partial charge in [0.25, 0.3) is 0 Å². The van der Waals surface area contributed by atoms with Crippen molar-refractivity contribution in [2.75, 3.05) is 19.3 Å². The molecular weight excluding hydrogens is 312 g/mol. The lowest BCUT2D eigenvalue weighted by Crippen LogP contribution is -2.41. The SMILES string of the molecule is CC(C(=O)N(CCCN)Cc1ccccc1)S(C)(=O)=O.Cl. The quantitative estimate of drug-likeness (QED) is 0.813. The number of rotatable bonds is 7. The van der Waals surface area contributed by atoms with Crippen LogP contribution in [0.3, 0.4) is 0 Å². The Hall–Kier alpha value is -1.11. The van der Waals surface area contributed by atoms with E-state index in [-0.39, 0.29) is 18.3 Å². The summed E-state index contributed by atoms with van der Waals surface area (Å²) in [5.41, 5.74) is 6.45. The number of carbonyl (C=O) groups excluding carboxylic acids is 1. The Balaban J connectivity index is 0.00000400. The second-order valence-corrected chi connectivity index (χ2v) is 7.23. The van der Waals surface area contributed by atoms with Crippen LogP contribution in [-0.2, 0) is 21.2 Å². The molecule has 1 rings (SSSR count). The van der Waals surface area contributed by atoms with Crippen molar-refractivity contribution in [1.82, 2.24) is 4.90 Å². The van der Waals surface area contributed by atoms with Gasteiger partial charge in [-0.2, -0.15) is 0 Å². The topological polar surface area (TPSA) is 80.5 Å². The summed E-state index contributed by atoms with van der Waals surface area (Å²) in [6, 6.07) is 9.50. The average molecular weight is 335 g/mol. The second kappa shape index (κ2) is 9.02. The van der Waals surface area contributed by atoms with E-state index in [2.05, 4.69) is 0 Å². The molecule has 0 spiro atoms. The second-order valence-electron chi connectivity index (χ2n) is 4.86. The lowest BCUT2D eigenvalue weighted by Gasteiger charge is -2.25. The minimum absolute atomic E-state index is 0. The molecule has 0 radical (unpaired) electrons. The molecule has 120 valence electrons. The Morgan fingerprint density at radius 3 is 2.33 bits per heavy atom. The van der Waals surface area contributed by atoms with Crippen LogP contribution in [0.1, 0.15) is 18.9 Å². The van der Waals surface area contributed by atoms with Gasteiger partial charge in [-0.15, -0.1) is 12.4 Å². The van der Waals surface area contributed by atoms with E-state index in [0.29, 0.717) is 26.1 Å². The summed E-state index contributed by atoms with van der Waals surface area (Å²) in [6.07, 6.45) is 1.73. The predicted molar refractivity (Wildman–Crippen MR) is 87.1 cm³/mol. The molecule has 0 bridgehead atoms. The van der Waals surface area contributed by atoms with Gasteiger partial charge in [-0.1, -0.05) is 30.3 Å². The number of halogens is 1. The molecule has 0 aromatic heterocycles. The molecule has 1 aromatic rings. The molecule has 0 fully saturated rings. The van der Waals surface area contributed by atoms with E-state index >= 15 is 0 Å². The standard InChI is InChI=1S/C14H22N2O3S.ClH/c1-12(20(2,18)19)14(17)16(10-6-9-15)11-13-7-4-3-5-8-13;/h3-5,7-8,12H,6,9-11,15H2,1-2H3;1H. The van der Waals surface area contributed by atoms with E-state index < -0.39 is 15.1 Å². The van der Waals surface area contributed by atoms with Gasteiger partial charge >= 0.3 is 0 Å². The molecule has 0 aliphatic heterocycles. The molecule has 1 aromatic carbocycles. The van der Waals surface area contributed by atoms with E-state index in [1.165, 1.54) is 6.92 Å². The van der Waals surface area contributed by atoms with Crippen molar-refractivity contribution in [3.05, 3.63) is 35.9 Å². The number of hydrogen-bond acceptors (Lipinski definition) is 4.